The van der Waals surface area contributed by atoms with Crippen molar-refractivity contribution in [2.24, 2.45) is 0 Å². The number of aromatic nitrogens is 1. The Morgan fingerprint density at radius 1 is 1.15 bits per heavy atom. The fourth-order valence-corrected chi connectivity index (χ4v) is 5.04. The highest BCUT2D eigenvalue weighted by Crippen LogP contribution is 2.37. The molecule has 3 unspecified atom stereocenters. The number of hydrogen-bond acceptors (Lipinski definition) is 5. The standard InChI is InChI=1S/C25H18F2N2O4S/c1-34(31)22-6-5-13(9-17(22)26)20-10-18-24(33-20)15(7-8-28-18)14-3-2-4-16(23(14)27)25(30)29-11-21-19(29)12-32-21/h2-10,19,21H,11-12H2,1H3. The number of carbonyl (C=O) groups is 1. The minimum Gasteiger partial charge on any atom is -0.454 e. The van der Waals surface area contributed by atoms with E-state index in [1.54, 1.807) is 35.2 Å². The number of rotatable bonds is 4. The second-order valence-electron chi connectivity index (χ2n) is 8.35. The van der Waals surface area contributed by atoms with Gasteiger partial charge in [-0.2, -0.15) is 0 Å². The number of fused-ring (bicyclic) bond motifs is 2. The SMILES string of the molecule is CS(=O)c1ccc(-c2cc3nccc(-c4cccc(C(=O)N5CC6OCC65)c4F)c3o2)cc1F. The molecule has 3 atom stereocenters. The largest absolute Gasteiger partial charge is 0.454 e. The Morgan fingerprint density at radius 3 is 2.68 bits per heavy atom. The number of hydrogen-bond donors (Lipinski definition) is 0. The van der Waals surface area contributed by atoms with Crippen LogP contribution >= 0.6 is 0 Å². The number of morpholine rings is 1. The van der Waals surface area contributed by atoms with E-state index in [1.165, 1.54) is 30.7 Å². The van der Waals surface area contributed by atoms with Gasteiger partial charge < -0.3 is 14.1 Å². The Hall–Kier alpha value is -3.43. The van der Waals surface area contributed by atoms with E-state index < -0.39 is 22.4 Å². The van der Waals surface area contributed by atoms with Crippen LogP contribution in [0.1, 0.15) is 10.4 Å². The maximum atomic E-state index is 15.6. The lowest BCUT2D eigenvalue weighted by atomic mass is 9.93. The quantitative estimate of drug-likeness (QED) is 0.433. The highest BCUT2D eigenvalue weighted by Gasteiger charge is 2.50. The summed E-state index contributed by atoms with van der Waals surface area (Å²) in [6, 6.07) is 12.3. The molecule has 4 aromatic rings. The zero-order valence-corrected chi connectivity index (χ0v) is 18.8. The summed E-state index contributed by atoms with van der Waals surface area (Å²) in [4.78, 5) is 18.9. The van der Waals surface area contributed by atoms with Crippen LogP contribution in [0.2, 0.25) is 0 Å². The van der Waals surface area contributed by atoms with Gasteiger partial charge in [0.05, 0.1) is 40.0 Å². The molecule has 1 amide bonds. The van der Waals surface area contributed by atoms with Crippen molar-refractivity contribution in [3.05, 3.63) is 71.9 Å². The number of pyridine rings is 1. The molecule has 0 aliphatic carbocycles. The second kappa shape index (κ2) is 7.82. The highest BCUT2D eigenvalue weighted by molar-refractivity contribution is 7.84. The average Bonchev–Trinajstić information content (AvgIpc) is 3.25. The topological polar surface area (TPSA) is 72.6 Å². The van der Waals surface area contributed by atoms with Gasteiger partial charge in [-0.15, -0.1) is 0 Å². The van der Waals surface area contributed by atoms with E-state index in [0.717, 1.165) is 0 Å². The number of nitrogens with zero attached hydrogens (tertiary/aromatic N) is 2. The van der Waals surface area contributed by atoms with Crippen LogP contribution in [0, 0.1) is 11.6 Å². The normalized spacial score (nSPS) is 19.9. The second-order valence-corrected chi connectivity index (χ2v) is 9.69. The van der Waals surface area contributed by atoms with E-state index in [0.29, 0.717) is 41.1 Å². The maximum Gasteiger partial charge on any atom is 0.257 e. The molecule has 9 heteroatoms. The van der Waals surface area contributed by atoms with Gasteiger partial charge in [0.15, 0.2) is 5.58 Å². The van der Waals surface area contributed by atoms with Gasteiger partial charge in [-0.1, -0.05) is 12.1 Å². The van der Waals surface area contributed by atoms with E-state index in [2.05, 4.69) is 4.98 Å². The van der Waals surface area contributed by atoms with Gasteiger partial charge in [0.25, 0.3) is 5.91 Å². The molecule has 2 aliphatic heterocycles. The molecule has 0 radical (unpaired) electrons. The number of amides is 1. The van der Waals surface area contributed by atoms with Gasteiger partial charge in [-0.25, -0.2) is 8.78 Å². The lowest BCUT2D eigenvalue weighted by molar-refractivity contribution is -0.195. The first kappa shape index (κ1) is 21.1. The summed E-state index contributed by atoms with van der Waals surface area (Å²) >= 11 is 0. The summed E-state index contributed by atoms with van der Waals surface area (Å²) in [5.41, 5.74) is 1.86. The van der Waals surface area contributed by atoms with Crippen LogP contribution in [0.3, 0.4) is 0 Å². The summed E-state index contributed by atoms with van der Waals surface area (Å²) in [5, 5.41) is 0. The van der Waals surface area contributed by atoms with Crippen molar-refractivity contribution in [3.8, 4) is 22.5 Å². The van der Waals surface area contributed by atoms with Crippen LogP contribution < -0.4 is 0 Å². The molecule has 6 rings (SSSR count). The Bertz CT molecular complexity index is 1500. The molecule has 2 saturated heterocycles. The molecule has 2 aromatic heterocycles. The molecule has 0 saturated carbocycles. The van der Waals surface area contributed by atoms with Gasteiger partial charge in [0, 0.05) is 41.8 Å². The van der Waals surface area contributed by atoms with E-state index in [4.69, 9.17) is 9.15 Å². The van der Waals surface area contributed by atoms with E-state index in [-0.39, 0.29) is 34.1 Å². The van der Waals surface area contributed by atoms with Gasteiger partial charge >= 0.3 is 0 Å². The lowest BCUT2D eigenvalue weighted by Crippen LogP contribution is -2.71. The summed E-state index contributed by atoms with van der Waals surface area (Å²) in [5.74, 6) is -1.26. The van der Waals surface area contributed by atoms with Crippen molar-refractivity contribution in [2.75, 3.05) is 19.4 Å². The molecule has 2 aromatic carbocycles. The van der Waals surface area contributed by atoms with Gasteiger partial charge in [-0.3, -0.25) is 14.0 Å². The van der Waals surface area contributed by atoms with Crippen molar-refractivity contribution in [1.29, 1.82) is 0 Å². The van der Waals surface area contributed by atoms with Crippen LogP contribution in [0.25, 0.3) is 33.6 Å². The van der Waals surface area contributed by atoms with Gasteiger partial charge in [0.1, 0.15) is 22.9 Å². The summed E-state index contributed by atoms with van der Waals surface area (Å²) < 4.78 is 52.9. The van der Waals surface area contributed by atoms with Gasteiger partial charge in [0.2, 0.25) is 0 Å². The van der Waals surface area contributed by atoms with Crippen LogP contribution in [-0.4, -0.2) is 51.6 Å². The molecular weight excluding hydrogens is 462 g/mol. The molecule has 2 fully saturated rings. The molecule has 0 bridgehead atoms. The molecule has 2 aliphatic rings. The van der Waals surface area contributed by atoms with Crippen molar-refractivity contribution in [2.45, 2.75) is 17.0 Å². The van der Waals surface area contributed by atoms with Crippen molar-refractivity contribution >= 4 is 27.8 Å². The monoisotopic (exact) mass is 480 g/mol. The van der Waals surface area contributed by atoms with E-state index in [1.807, 2.05) is 0 Å². The van der Waals surface area contributed by atoms with E-state index >= 15 is 4.39 Å². The number of likely N-dealkylation sites (tertiary alicyclic amines) is 1. The molecule has 0 N–H and O–H groups in total. The summed E-state index contributed by atoms with van der Waals surface area (Å²) in [6.45, 7) is 0.947. The van der Waals surface area contributed by atoms with Crippen molar-refractivity contribution in [1.82, 2.24) is 9.88 Å². The number of halogens is 2. The number of ether oxygens (including phenoxy) is 1. The Kier molecular flexibility index (Phi) is 4.86. The number of benzene rings is 2. The molecule has 172 valence electrons. The van der Waals surface area contributed by atoms with Crippen LogP contribution in [0.15, 0.2) is 64.0 Å². The molecule has 6 nitrogen and oxygen atoms in total. The Labute approximate surface area is 195 Å². The molecular formula is C25H18F2N2O4S. The highest BCUT2D eigenvalue weighted by atomic mass is 32.2. The predicted octanol–water partition coefficient (Wildman–Crippen LogP) is 4.40. The molecule has 4 heterocycles. The van der Waals surface area contributed by atoms with Crippen molar-refractivity contribution in [3.63, 3.8) is 0 Å². The average molecular weight is 480 g/mol. The van der Waals surface area contributed by atoms with Crippen molar-refractivity contribution < 1.29 is 26.9 Å². The van der Waals surface area contributed by atoms with Crippen LogP contribution in [0.5, 0.6) is 0 Å². The number of furan rings is 1. The Balaban J connectivity index is 1.40. The molecule has 34 heavy (non-hydrogen) atoms. The van der Waals surface area contributed by atoms with Gasteiger partial charge in [-0.05, 0) is 30.3 Å². The smallest absolute Gasteiger partial charge is 0.257 e. The minimum atomic E-state index is -1.46. The fourth-order valence-electron chi connectivity index (χ4n) is 4.45. The first-order valence-electron chi connectivity index (χ1n) is 10.7. The maximum absolute atomic E-state index is 15.6. The first-order valence-corrected chi connectivity index (χ1v) is 12.2. The summed E-state index contributed by atoms with van der Waals surface area (Å²) in [6.07, 6.45) is 3.00. The van der Waals surface area contributed by atoms with Crippen LogP contribution in [0.4, 0.5) is 8.78 Å². The zero-order chi connectivity index (χ0) is 23.6. The zero-order valence-electron chi connectivity index (χ0n) is 18.0. The first-order chi connectivity index (χ1) is 16.4. The van der Waals surface area contributed by atoms with E-state index in [9.17, 15) is 13.4 Å². The summed E-state index contributed by atoms with van der Waals surface area (Å²) in [7, 11) is -1.46. The predicted molar refractivity (Wildman–Crippen MR) is 122 cm³/mol. The lowest BCUT2D eigenvalue weighted by Gasteiger charge is -2.54. The number of carbonyl (C=O) groups excluding carboxylic acids is 1. The third kappa shape index (κ3) is 3.19. The fraction of sp³-hybridized carbons (Fsp3) is 0.200. The van der Waals surface area contributed by atoms with Crippen LogP contribution in [-0.2, 0) is 15.5 Å². The minimum absolute atomic E-state index is 0.00943. The third-order valence-electron chi connectivity index (χ3n) is 6.41. The Morgan fingerprint density at radius 2 is 2.00 bits per heavy atom. The third-order valence-corrected chi connectivity index (χ3v) is 7.36. The molecule has 0 spiro atoms.